The van der Waals surface area contributed by atoms with Crippen molar-refractivity contribution in [2.75, 3.05) is 12.4 Å². The molecule has 0 aliphatic carbocycles. The van der Waals surface area contributed by atoms with Crippen LogP contribution in [0, 0.1) is 6.92 Å². The number of aromatic hydroxyl groups is 1. The van der Waals surface area contributed by atoms with E-state index in [0.717, 1.165) is 16.8 Å². The Morgan fingerprint density at radius 3 is 2.66 bits per heavy atom. The van der Waals surface area contributed by atoms with Crippen LogP contribution in [-0.4, -0.2) is 49.3 Å². The number of hydrazone groups is 1. The number of carbonyl (C=O) groups excluding carboxylic acids is 1. The summed E-state index contributed by atoms with van der Waals surface area (Å²) in [6.45, 7) is 4.28. The molecule has 0 radical (unpaired) electrons. The van der Waals surface area contributed by atoms with Gasteiger partial charge in [-0.3, -0.25) is 14.3 Å². The van der Waals surface area contributed by atoms with E-state index in [0.29, 0.717) is 28.9 Å². The third-order valence-electron chi connectivity index (χ3n) is 4.88. The number of benzene rings is 2. The van der Waals surface area contributed by atoms with E-state index in [1.807, 2.05) is 54.8 Å². The molecule has 2 heterocycles. The first kappa shape index (κ1) is 24.0. The number of hydrogen-bond donors (Lipinski definition) is 2. The molecule has 2 aromatic carbocycles. The molecule has 0 aliphatic heterocycles. The van der Waals surface area contributed by atoms with Crippen LogP contribution >= 0.6 is 11.8 Å². The summed E-state index contributed by atoms with van der Waals surface area (Å²) in [7, 11) is 0. The maximum atomic E-state index is 12.4. The molecule has 0 bridgehead atoms. The SMILES string of the molecule is CCOc1cc(C=NNC(=O)CSc2nnc(-c3ccncc3)n2-c2ccc(C)cc2)ccc1O. The molecule has 0 unspecified atom stereocenters. The molecule has 2 N–H and O–H groups in total. The summed E-state index contributed by atoms with van der Waals surface area (Å²) in [5.74, 6) is 0.873. The number of phenolic OH excluding ortho intramolecular Hbond substituents is 1. The lowest BCUT2D eigenvalue weighted by molar-refractivity contribution is -0.118. The number of ether oxygens (including phenoxy) is 1. The lowest BCUT2D eigenvalue weighted by Crippen LogP contribution is -2.20. The second kappa shape index (κ2) is 11.3. The monoisotopic (exact) mass is 488 g/mol. The molecule has 0 spiro atoms. The standard InChI is InChI=1S/C25H24N6O3S/c1-3-34-22-14-18(6-9-21(22)32)15-27-28-23(33)16-35-25-30-29-24(19-10-12-26-13-11-19)31(25)20-7-4-17(2)5-8-20/h4-15,32H,3,16H2,1-2H3,(H,28,33). The maximum Gasteiger partial charge on any atom is 0.250 e. The summed E-state index contributed by atoms with van der Waals surface area (Å²) in [4.78, 5) is 16.5. The third-order valence-corrected chi connectivity index (χ3v) is 5.81. The molecule has 9 nitrogen and oxygen atoms in total. The number of thioether (sulfide) groups is 1. The summed E-state index contributed by atoms with van der Waals surface area (Å²) in [5, 5.41) is 23.1. The summed E-state index contributed by atoms with van der Waals surface area (Å²) < 4.78 is 7.28. The van der Waals surface area contributed by atoms with Gasteiger partial charge in [-0.1, -0.05) is 29.5 Å². The van der Waals surface area contributed by atoms with Gasteiger partial charge in [-0.15, -0.1) is 10.2 Å². The van der Waals surface area contributed by atoms with Crippen molar-refractivity contribution in [3.8, 4) is 28.6 Å². The lowest BCUT2D eigenvalue weighted by Gasteiger charge is -2.10. The number of aromatic nitrogens is 4. The lowest BCUT2D eigenvalue weighted by atomic mass is 10.2. The van der Waals surface area contributed by atoms with Gasteiger partial charge in [0.25, 0.3) is 5.91 Å². The Kier molecular flexibility index (Phi) is 7.74. The number of aryl methyl sites for hydroxylation is 1. The number of carbonyl (C=O) groups is 1. The molecule has 4 rings (SSSR count). The van der Waals surface area contributed by atoms with Crippen molar-refractivity contribution in [1.82, 2.24) is 25.2 Å². The molecule has 0 fully saturated rings. The minimum absolute atomic E-state index is 0.0493. The summed E-state index contributed by atoms with van der Waals surface area (Å²) >= 11 is 1.26. The highest BCUT2D eigenvalue weighted by Gasteiger charge is 2.17. The number of amides is 1. The van der Waals surface area contributed by atoms with Crippen LogP contribution in [0.4, 0.5) is 0 Å². The van der Waals surface area contributed by atoms with E-state index >= 15 is 0 Å². The van der Waals surface area contributed by atoms with Crippen molar-refractivity contribution in [3.05, 3.63) is 78.1 Å². The van der Waals surface area contributed by atoms with Crippen LogP contribution in [0.1, 0.15) is 18.1 Å². The van der Waals surface area contributed by atoms with E-state index in [2.05, 4.69) is 25.7 Å². The molecule has 0 saturated carbocycles. The molecular weight excluding hydrogens is 464 g/mol. The first-order chi connectivity index (χ1) is 17.0. The Morgan fingerprint density at radius 2 is 1.91 bits per heavy atom. The van der Waals surface area contributed by atoms with Gasteiger partial charge in [-0.25, -0.2) is 5.43 Å². The van der Waals surface area contributed by atoms with E-state index in [4.69, 9.17) is 4.74 Å². The zero-order valence-corrected chi connectivity index (χ0v) is 20.1. The van der Waals surface area contributed by atoms with Crippen molar-refractivity contribution in [1.29, 1.82) is 0 Å². The zero-order chi connectivity index (χ0) is 24.6. The van der Waals surface area contributed by atoms with Gasteiger partial charge < -0.3 is 9.84 Å². The molecule has 178 valence electrons. The number of nitrogens with zero attached hydrogens (tertiary/aromatic N) is 5. The van der Waals surface area contributed by atoms with Gasteiger partial charge in [0, 0.05) is 23.6 Å². The third kappa shape index (κ3) is 6.04. The molecule has 4 aromatic rings. The number of phenols is 1. The molecular formula is C25H24N6O3S. The molecule has 35 heavy (non-hydrogen) atoms. The Bertz CT molecular complexity index is 1320. The van der Waals surface area contributed by atoms with E-state index in [1.165, 1.54) is 24.0 Å². The Balaban J connectivity index is 1.46. The quantitative estimate of drug-likeness (QED) is 0.208. The number of hydrogen-bond acceptors (Lipinski definition) is 8. The van der Waals surface area contributed by atoms with Gasteiger partial charge in [0.15, 0.2) is 22.5 Å². The van der Waals surface area contributed by atoms with Crippen molar-refractivity contribution < 1.29 is 14.6 Å². The highest BCUT2D eigenvalue weighted by atomic mass is 32.2. The molecule has 10 heteroatoms. The van der Waals surface area contributed by atoms with Crippen molar-refractivity contribution in [2.45, 2.75) is 19.0 Å². The van der Waals surface area contributed by atoms with E-state index in [1.54, 1.807) is 24.5 Å². The van der Waals surface area contributed by atoms with Crippen LogP contribution in [0.3, 0.4) is 0 Å². The molecule has 1 amide bonds. The van der Waals surface area contributed by atoms with Crippen molar-refractivity contribution >= 4 is 23.9 Å². The van der Waals surface area contributed by atoms with Crippen LogP contribution in [0.25, 0.3) is 17.1 Å². The van der Waals surface area contributed by atoms with Gasteiger partial charge >= 0.3 is 0 Å². The van der Waals surface area contributed by atoms with Crippen LogP contribution in [0.2, 0.25) is 0 Å². The first-order valence-electron chi connectivity index (χ1n) is 10.9. The maximum absolute atomic E-state index is 12.4. The highest BCUT2D eigenvalue weighted by molar-refractivity contribution is 7.99. The van der Waals surface area contributed by atoms with Gasteiger partial charge in [0.2, 0.25) is 0 Å². The Hall–Kier alpha value is -4.18. The second-order valence-corrected chi connectivity index (χ2v) is 8.40. The van der Waals surface area contributed by atoms with Crippen molar-refractivity contribution in [2.24, 2.45) is 5.10 Å². The summed E-state index contributed by atoms with van der Waals surface area (Å²) in [6, 6.07) is 16.6. The number of nitrogens with one attached hydrogen (secondary N) is 1. The van der Waals surface area contributed by atoms with Crippen LogP contribution in [-0.2, 0) is 4.79 Å². The average Bonchev–Trinajstić information content (AvgIpc) is 3.30. The second-order valence-electron chi connectivity index (χ2n) is 7.46. The average molecular weight is 489 g/mol. The number of rotatable bonds is 9. The minimum atomic E-state index is -0.293. The predicted octanol–water partition coefficient (Wildman–Crippen LogP) is 3.98. The highest BCUT2D eigenvalue weighted by Crippen LogP contribution is 2.28. The van der Waals surface area contributed by atoms with E-state index in [9.17, 15) is 9.90 Å². The van der Waals surface area contributed by atoms with Crippen molar-refractivity contribution in [3.63, 3.8) is 0 Å². The summed E-state index contributed by atoms with van der Waals surface area (Å²) in [6.07, 6.45) is 4.89. The fraction of sp³-hybridized carbons (Fsp3) is 0.160. The first-order valence-corrected chi connectivity index (χ1v) is 11.9. The normalized spacial score (nSPS) is 11.0. The van der Waals surface area contributed by atoms with Gasteiger partial charge in [-0.2, -0.15) is 5.10 Å². The van der Waals surface area contributed by atoms with E-state index in [-0.39, 0.29) is 17.4 Å². The van der Waals surface area contributed by atoms with Gasteiger partial charge in [-0.05, 0) is 61.9 Å². The Morgan fingerprint density at radius 1 is 1.14 bits per heavy atom. The van der Waals surface area contributed by atoms with E-state index < -0.39 is 0 Å². The van der Waals surface area contributed by atoms with Crippen LogP contribution in [0.5, 0.6) is 11.5 Å². The van der Waals surface area contributed by atoms with Gasteiger partial charge in [0.05, 0.1) is 18.6 Å². The smallest absolute Gasteiger partial charge is 0.250 e. The fourth-order valence-corrected chi connectivity index (χ4v) is 3.95. The zero-order valence-electron chi connectivity index (χ0n) is 19.3. The Labute approximate surface area is 206 Å². The molecule has 0 saturated heterocycles. The fourth-order valence-electron chi connectivity index (χ4n) is 3.20. The van der Waals surface area contributed by atoms with Crippen LogP contribution in [0.15, 0.2) is 77.2 Å². The number of pyridine rings is 1. The molecule has 0 atom stereocenters. The predicted molar refractivity (Wildman–Crippen MR) is 135 cm³/mol. The topological polar surface area (TPSA) is 115 Å². The molecule has 0 aliphatic rings. The largest absolute Gasteiger partial charge is 0.504 e. The molecule has 2 aromatic heterocycles. The minimum Gasteiger partial charge on any atom is -0.504 e. The van der Waals surface area contributed by atoms with Gasteiger partial charge in [0.1, 0.15) is 0 Å². The van der Waals surface area contributed by atoms with Crippen LogP contribution < -0.4 is 10.2 Å². The summed E-state index contributed by atoms with van der Waals surface area (Å²) in [5.41, 5.74) is 6.10.